The summed E-state index contributed by atoms with van der Waals surface area (Å²) < 4.78 is 1.13. The van der Waals surface area contributed by atoms with Crippen LogP contribution >= 0.6 is 15.9 Å². The topological polar surface area (TPSA) is 24.9 Å². The second-order valence-electron chi connectivity index (χ2n) is 3.70. The summed E-state index contributed by atoms with van der Waals surface area (Å²) in [6.07, 6.45) is 3.69. The fraction of sp³-hybridized carbons (Fsp3) is 0.154. The Hall–Kier alpha value is -1.35. The molecule has 1 aromatic carbocycles. The van der Waals surface area contributed by atoms with Crippen LogP contribution < -0.4 is 5.32 Å². The van der Waals surface area contributed by atoms with Crippen molar-refractivity contribution in [2.24, 2.45) is 0 Å². The minimum atomic E-state index is 0.798. The van der Waals surface area contributed by atoms with Gasteiger partial charge in [-0.05, 0) is 30.2 Å². The van der Waals surface area contributed by atoms with E-state index < -0.39 is 0 Å². The molecule has 0 radical (unpaired) electrons. The van der Waals surface area contributed by atoms with E-state index >= 15 is 0 Å². The standard InChI is InChI=1S/C13H13BrN2/c1-10-6-12(9-15-7-10)16-8-11-4-2-3-5-13(11)14/h2-7,9,16H,8H2,1H3. The molecule has 0 saturated heterocycles. The maximum Gasteiger partial charge on any atom is 0.0532 e. The Balaban J connectivity index is 2.05. The van der Waals surface area contributed by atoms with Gasteiger partial charge in [0.25, 0.3) is 0 Å². The first-order chi connectivity index (χ1) is 7.75. The van der Waals surface area contributed by atoms with E-state index in [2.05, 4.69) is 38.4 Å². The van der Waals surface area contributed by atoms with Crippen LogP contribution in [0.15, 0.2) is 47.2 Å². The molecule has 0 aliphatic heterocycles. The second-order valence-corrected chi connectivity index (χ2v) is 4.55. The lowest BCUT2D eigenvalue weighted by Crippen LogP contribution is -2.00. The van der Waals surface area contributed by atoms with Crippen molar-refractivity contribution in [3.63, 3.8) is 0 Å². The van der Waals surface area contributed by atoms with E-state index in [1.165, 1.54) is 5.56 Å². The number of halogens is 1. The van der Waals surface area contributed by atoms with E-state index in [1.54, 1.807) is 0 Å². The maximum absolute atomic E-state index is 4.14. The average Bonchev–Trinajstić information content (AvgIpc) is 2.28. The molecule has 1 aromatic heterocycles. The van der Waals surface area contributed by atoms with Crippen molar-refractivity contribution in [1.29, 1.82) is 0 Å². The molecule has 0 fully saturated rings. The Kier molecular flexibility index (Phi) is 3.57. The normalized spacial score (nSPS) is 10.1. The quantitative estimate of drug-likeness (QED) is 0.923. The number of benzene rings is 1. The third-order valence-electron chi connectivity index (χ3n) is 2.32. The highest BCUT2D eigenvalue weighted by Crippen LogP contribution is 2.17. The number of nitrogens with zero attached hydrogens (tertiary/aromatic N) is 1. The Labute approximate surface area is 104 Å². The highest BCUT2D eigenvalue weighted by atomic mass is 79.9. The zero-order valence-electron chi connectivity index (χ0n) is 9.07. The van der Waals surface area contributed by atoms with Crippen molar-refractivity contribution in [1.82, 2.24) is 4.98 Å². The number of rotatable bonds is 3. The van der Waals surface area contributed by atoms with Crippen molar-refractivity contribution in [3.8, 4) is 0 Å². The Morgan fingerprint density at radius 1 is 1.25 bits per heavy atom. The van der Waals surface area contributed by atoms with Crippen LogP contribution in [0.25, 0.3) is 0 Å². The molecule has 1 N–H and O–H groups in total. The summed E-state index contributed by atoms with van der Waals surface area (Å²) in [5.74, 6) is 0. The number of nitrogens with one attached hydrogen (secondary N) is 1. The van der Waals surface area contributed by atoms with Crippen LogP contribution in [0.5, 0.6) is 0 Å². The summed E-state index contributed by atoms with van der Waals surface area (Å²) in [5.41, 5.74) is 3.46. The molecular formula is C13H13BrN2. The van der Waals surface area contributed by atoms with Crippen LogP contribution in [0.1, 0.15) is 11.1 Å². The zero-order chi connectivity index (χ0) is 11.4. The van der Waals surface area contributed by atoms with Crippen LogP contribution in [0.4, 0.5) is 5.69 Å². The largest absolute Gasteiger partial charge is 0.380 e. The number of aryl methyl sites for hydroxylation is 1. The fourth-order valence-corrected chi connectivity index (χ4v) is 1.92. The van der Waals surface area contributed by atoms with Crippen molar-refractivity contribution in [2.75, 3.05) is 5.32 Å². The molecule has 82 valence electrons. The highest BCUT2D eigenvalue weighted by molar-refractivity contribution is 9.10. The molecule has 0 spiro atoms. The van der Waals surface area contributed by atoms with Gasteiger partial charge in [-0.15, -0.1) is 0 Å². The third kappa shape index (κ3) is 2.83. The first-order valence-electron chi connectivity index (χ1n) is 5.14. The van der Waals surface area contributed by atoms with Gasteiger partial charge in [-0.1, -0.05) is 34.1 Å². The van der Waals surface area contributed by atoms with Crippen LogP contribution in [0, 0.1) is 6.92 Å². The smallest absolute Gasteiger partial charge is 0.0532 e. The number of hydrogen-bond donors (Lipinski definition) is 1. The zero-order valence-corrected chi connectivity index (χ0v) is 10.7. The van der Waals surface area contributed by atoms with Crippen molar-refractivity contribution in [3.05, 3.63) is 58.3 Å². The van der Waals surface area contributed by atoms with Gasteiger partial charge in [-0.25, -0.2) is 0 Å². The predicted octanol–water partition coefficient (Wildman–Crippen LogP) is 3.76. The van der Waals surface area contributed by atoms with E-state index in [9.17, 15) is 0 Å². The number of pyridine rings is 1. The van der Waals surface area contributed by atoms with Gasteiger partial charge in [0, 0.05) is 23.4 Å². The maximum atomic E-state index is 4.14. The van der Waals surface area contributed by atoms with Crippen LogP contribution in [-0.2, 0) is 6.54 Å². The summed E-state index contributed by atoms with van der Waals surface area (Å²) in [6, 6.07) is 10.3. The van der Waals surface area contributed by atoms with E-state index in [4.69, 9.17) is 0 Å². The Morgan fingerprint density at radius 2 is 2.06 bits per heavy atom. The highest BCUT2D eigenvalue weighted by Gasteiger charge is 1.98. The SMILES string of the molecule is Cc1cncc(NCc2ccccc2Br)c1. The molecule has 0 aliphatic carbocycles. The van der Waals surface area contributed by atoms with E-state index in [0.29, 0.717) is 0 Å². The van der Waals surface area contributed by atoms with Gasteiger partial charge < -0.3 is 5.32 Å². The van der Waals surface area contributed by atoms with E-state index in [0.717, 1.165) is 22.3 Å². The summed E-state index contributed by atoms with van der Waals surface area (Å²) in [4.78, 5) is 4.14. The molecule has 0 amide bonds. The number of aromatic nitrogens is 1. The summed E-state index contributed by atoms with van der Waals surface area (Å²) in [5, 5.41) is 3.35. The molecule has 0 bridgehead atoms. The van der Waals surface area contributed by atoms with Crippen LogP contribution in [-0.4, -0.2) is 4.98 Å². The van der Waals surface area contributed by atoms with Gasteiger partial charge in [0.1, 0.15) is 0 Å². The number of hydrogen-bond acceptors (Lipinski definition) is 2. The van der Waals surface area contributed by atoms with Crippen molar-refractivity contribution in [2.45, 2.75) is 13.5 Å². The minimum absolute atomic E-state index is 0.798. The molecule has 0 aliphatic rings. The lowest BCUT2D eigenvalue weighted by molar-refractivity contribution is 1.12. The third-order valence-corrected chi connectivity index (χ3v) is 3.09. The molecule has 0 unspecified atom stereocenters. The van der Waals surface area contributed by atoms with Gasteiger partial charge in [0.05, 0.1) is 5.69 Å². The second kappa shape index (κ2) is 5.12. The molecule has 2 nitrogen and oxygen atoms in total. The van der Waals surface area contributed by atoms with Gasteiger partial charge in [0.2, 0.25) is 0 Å². The van der Waals surface area contributed by atoms with Crippen LogP contribution in [0.2, 0.25) is 0 Å². The lowest BCUT2D eigenvalue weighted by atomic mass is 10.2. The first-order valence-corrected chi connectivity index (χ1v) is 5.94. The molecule has 2 rings (SSSR count). The van der Waals surface area contributed by atoms with Gasteiger partial charge in [-0.2, -0.15) is 0 Å². The molecule has 2 aromatic rings. The van der Waals surface area contributed by atoms with Gasteiger partial charge >= 0.3 is 0 Å². The summed E-state index contributed by atoms with van der Waals surface area (Å²) >= 11 is 3.53. The Bertz CT molecular complexity index is 483. The average molecular weight is 277 g/mol. The fourth-order valence-electron chi connectivity index (χ4n) is 1.49. The van der Waals surface area contributed by atoms with Crippen molar-refractivity contribution < 1.29 is 0 Å². The minimum Gasteiger partial charge on any atom is -0.380 e. The molecule has 16 heavy (non-hydrogen) atoms. The summed E-state index contributed by atoms with van der Waals surface area (Å²) in [6.45, 7) is 2.84. The monoisotopic (exact) mass is 276 g/mol. The summed E-state index contributed by atoms with van der Waals surface area (Å²) in [7, 11) is 0. The molecule has 0 atom stereocenters. The molecule has 3 heteroatoms. The Morgan fingerprint density at radius 3 is 2.81 bits per heavy atom. The van der Waals surface area contributed by atoms with Crippen molar-refractivity contribution >= 4 is 21.6 Å². The van der Waals surface area contributed by atoms with Gasteiger partial charge in [-0.3, -0.25) is 4.98 Å². The van der Waals surface area contributed by atoms with E-state index in [1.807, 2.05) is 37.5 Å². The van der Waals surface area contributed by atoms with Gasteiger partial charge in [0.15, 0.2) is 0 Å². The lowest BCUT2D eigenvalue weighted by Gasteiger charge is -2.08. The number of anilines is 1. The molecule has 1 heterocycles. The first kappa shape index (κ1) is 11.1. The molecular weight excluding hydrogens is 264 g/mol. The van der Waals surface area contributed by atoms with E-state index in [-0.39, 0.29) is 0 Å². The predicted molar refractivity (Wildman–Crippen MR) is 70.4 cm³/mol. The molecule has 0 saturated carbocycles. The van der Waals surface area contributed by atoms with Crippen LogP contribution in [0.3, 0.4) is 0 Å².